The van der Waals surface area contributed by atoms with E-state index < -0.39 is 15.0 Å². The topological polar surface area (TPSA) is 147 Å². The molecule has 3 aromatic carbocycles. The number of hydrogen-bond donors (Lipinski definition) is 3. The molecule has 0 aliphatic rings. The van der Waals surface area contributed by atoms with Gasteiger partial charge in [-0.25, -0.2) is 10.5 Å². The van der Waals surface area contributed by atoms with E-state index in [9.17, 15) is 13.0 Å². The summed E-state index contributed by atoms with van der Waals surface area (Å²) in [6.45, 7) is 1.91. The van der Waals surface area contributed by atoms with Crippen LogP contribution in [0.2, 0.25) is 0 Å². The zero-order valence-corrected chi connectivity index (χ0v) is 17.6. The molecule has 10 nitrogen and oxygen atoms in total. The van der Waals surface area contributed by atoms with E-state index in [1.807, 2.05) is 19.1 Å². The SMILES string of the molecule is Cc1ccc(N=Nc2cc(SOO)ccc2S(=O)(=O)O)c2cc(SOOO)ccc12. The van der Waals surface area contributed by atoms with Crippen molar-refractivity contribution in [3.05, 3.63) is 54.1 Å². The van der Waals surface area contributed by atoms with E-state index >= 15 is 0 Å². The summed E-state index contributed by atoms with van der Waals surface area (Å²) in [5, 5.41) is 30.2. The van der Waals surface area contributed by atoms with Crippen LogP contribution in [0, 0.1) is 6.92 Å². The van der Waals surface area contributed by atoms with Crippen molar-refractivity contribution in [2.45, 2.75) is 21.6 Å². The summed E-state index contributed by atoms with van der Waals surface area (Å²) in [6.07, 6.45) is 0. The maximum absolute atomic E-state index is 11.7. The lowest BCUT2D eigenvalue weighted by molar-refractivity contribution is -0.432. The van der Waals surface area contributed by atoms with Crippen LogP contribution in [0.1, 0.15) is 5.56 Å². The monoisotopic (exact) mass is 470 g/mol. The lowest BCUT2D eigenvalue weighted by atomic mass is 10.0. The zero-order chi connectivity index (χ0) is 21.7. The van der Waals surface area contributed by atoms with E-state index in [4.69, 9.17) is 10.5 Å². The van der Waals surface area contributed by atoms with Crippen LogP contribution in [-0.4, -0.2) is 23.5 Å². The largest absolute Gasteiger partial charge is 0.296 e. The molecule has 0 unspecified atom stereocenters. The molecule has 3 N–H and O–H groups in total. The molecule has 0 spiro atoms. The summed E-state index contributed by atoms with van der Waals surface area (Å²) >= 11 is 1.35. The number of azo groups is 1. The van der Waals surface area contributed by atoms with Crippen LogP contribution < -0.4 is 0 Å². The first-order valence-corrected chi connectivity index (χ1v) is 11.0. The molecule has 3 aromatic rings. The van der Waals surface area contributed by atoms with Gasteiger partial charge in [-0.2, -0.15) is 12.8 Å². The van der Waals surface area contributed by atoms with E-state index in [1.54, 1.807) is 18.2 Å². The minimum atomic E-state index is -4.56. The van der Waals surface area contributed by atoms with Crippen LogP contribution in [0.5, 0.6) is 0 Å². The second-order valence-corrected chi connectivity index (χ2v) is 8.75. The quantitative estimate of drug-likeness (QED) is 0.122. The van der Waals surface area contributed by atoms with Gasteiger partial charge in [0.15, 0.2) is 0 Å². The van der Waals surface area contributed by atoms with Crippen molar-refractivity contribution >= 4 is 56.4 Å². The van der Waals surface area contributed by atoms with Crippen molar-refractivity contribution < 1.29 is 37.2 Å². The van der Waals surface area contributed by atoms with Gasteiger partial charge in [-0.05, 0) is 54.3 Å². The van der Waals surface area contributed by atoms with Gasteiger partial charge in [0.25, 0.3) is 10.1 Å². The number of benzene rings is 3. The molecular weight excluding hydrogens is 456 g/mol. The fourth-order valence-corrected chi connectivity index (χ4v) is 4.02. The molecule has 0 aliphatic heterocycles. The van der Waals surface area contributed by atoms with Crippen molar-refractivity contribution in [2.75, 3.05) is 0 Å². The van der Waals surface area contributed by atoms with Gasteiger partial charge >= 0.3 is 0 Å². The maximum atomic E-state index is 11.7. The summed E-state index contributed by atoms with van der Waals surface area (Å²) in [6, 6.07) is 12.6. The van der Waals surface area contributed by atoms with Crippen molar-refractivity contribution in [1.29, 1.82) is 0 Å². The molecule has 0 fully saturated rings. The van der Waals surface area contributed by atoms with E-state index in [-0.39, 0.29) is 5.69 Å². The van der Waals surface area contributed by atoms with Gasteiger partial charge in [0.1, 0.15) is 10.6 Å². The Balaban J connectivity index is 2.09. The fourth-order valence-electron chi connectivity index (χ4n) is 2.65. The first kappa shape index (κ1) is 22.6. The Morgan fingerprint density at radius 2 is 1.57 bits per heavy atom. The molecule has 0 heterocycles. The van der Waals surface area contributed by atoms with E-state index in [2.05, 4.69) is 23.9 Å². The van der Waals surface area contributed by atoms with Gasteiger partial charge in [-0.3, -0.25) is 4.55 Å². The van der Waals surface area contributed by atoms with Gasteiger partial charge in [0, 0.05) is 15.2 Å². The standard InChI is InChI=1S/C17H14N2O8S3/c1-10-2-6-15(14-8-11(29-27-25-20)3-5-13(10)14)18-19-16-9-12(28-26-21)4-7-17(16)30(22,23)24/h2-9,20-21H,1H3,(H,22,23,24). The smallest absolute Gasteiger partial charge is 0.282 e. The molecule has 0 aliphatic carbocycles. The van der Waals surface area contributed by atoms with Gasteiger partial charge in [0.2, 0.25) is 0 Å². The highest BCUT2D eigenvalue weighted by atomic mass is 32.2. The molecule has 0 saturated heterocycles. The Kier molecular flexibility index (Phi) is 7.41. The number of nitrogens with zero attached hydrogens (tertiary/aromatic N) is 2. The zero-order valence-electron chi connectivity index (χ0n) is 15.1. The molecule has 0 saturated carbocycles. The van der Waals surface area contributed by atoms with Crippen LogP contribution >= 0.6 is 24.1 Å². The van der Waals surface area contributed by atoms with E-state index in [1.165, 1.54) is 12.1 Å². The Morgan fingerprint density at radius 1 is 0.867 bits per heavy atom. The summed E-state index contributed by atoms with van der Waals surface area (Å²) in [7, 11) is -4.56. The average molecular weight is 471 g/mol. The summed E-state index contributed by atoms with van der Waals surface area (Å²) in [4.78, 5) is 0.498. The highest BCUT2D eigenvalue weighted by Crippen LogP contribution is 2.35. The van der Waals surface area contributed by atoms with Crippen LogP contribution in [-0.2, 0) is 23.8 Å². The Morgan fingerprint density at radius 3 is 2.27 bits per heavy atom. The molecule has 13 heteroatoms. The van der Waals surface area contributed by atoms with Crippen molar-refractivity contribution in [1.82, 2.24) is 0 Å². The third-order valence-corrected chi connectivity index (χ3v) is 5.95. The molecule has 0 amide bonds. The van der Waals surface area contributed by atoms with Gasteiger partial charge < -0.3 is 0 Å². The fraction of sp³-hybridized carbons (Fsp3) is 0.0588. The van der Waals surface area contributed by atoms with Gasteiger partial charge in [-0.15, -0.1) is 14.6 Å². The normalized spacial score (nSPS) is 12.1. The average Bonchev–Trinajstić information content (AvgIpc) is 2.71. The lowest BCUT2D eigenvalue weighted by Gasteiger charge is -2.07. The third-order valence-electron chi connectivity index (χ3n) is 3.95. The maximum Gasteiger partial charge on any atom is 0.296 e. The number of hydrogen-bond acceptors (Lipinski definition) is 11. The van der Waals surface area contributed by atoms with Crippen molar-refractivity contribution in [2.24, 2.45) is 10.2 Å². The Labute approximate surface area is 179 Å². The molecule has 0 bridgehead atoms. The predicted molar refractivity (Wildman–Crippen MR) is 109 cm³/mol. The molecule has 30 heavy (non-hydrogen) atoms. The summed E-state index contributed by atoms with van der Waals surface area (Å²) < 4.78 is 41.2. The molecular formula is C17H14N2O8S3. The van der Waals surface area contributed by atoms with Gasteiger partial charge in [0.05, 0.1) is 29.8 Å². The summed E-state index contributed by atoms with van der Waals surface area (Å²) in [5.41, 5.74) is 1.24. The second-order valence-electron chi connectivity index (χ2n) is 5.80. The minimum Gasteiger partial charge on any atom is -0.282 e. The lowest BCUT2D eigenvalue weighted by Crippen LogP contribution is -1.98. The minimum absolute atomic E-state index is 0.143. The molecule has 158 valence electrons. The van der Waals surface area contributed by atoms with Crippen molar-refractivity contribution in [3.63, 3.8) is 0 Å². The molecule has 0 radical (unpaired) electrons. The van der Waals surface area contributed by atoms with Crippen molar-refractivity contribution in [3.8, 4) is 0 Å². The number of aryl methyl sites for hydroxylation is 1. The van der Waals surface area contributed by atoms with E-state index in [0.717, 1.165) is 29.1 Å². The Hall–Kier alpha value is -2.07. The van der Waals surface area contributed by atoms with E-state index in [0.29, 0.717) is 32.9 Å². The molecule has 3 rings (SSSR count). The predicted octanol–water partition coefficient (Wildman–Crippen LogP) is 5.74. The number of rotatable bonds is 8. The first-order valence-electron chi connectivity index (χ1n) is 8.03. The molecule has 0 atom stereocenters. The molecule has 0 aromatic heterocycles. The summed E-state index contributed by atoms with van der Waals surface area (Å²) in [5.74, 6) is 0. The van der Waals surface area contributed by atoms with Gasteiger partial charge in [-0.1, -0.05) is 17.2 Å². The van der Waals surface area contributed by atoms with Crippen LogP contribution in [0.15, 0.2) is 73.4 Å². The highest BCUT2D eigenvalue weighted by molar-refractivity contribution is 7.94. The highest BCUT2D eigenvalue weighted by Gasteiger charge is 2.17. The van der Waals surface area contributed by atoms with Crippen LogP contribution in [0.4, 0.5) is 11.4 Å². The third kappa shape index (κ3) is 5.34. The first-order chi connectivity index (χ1) is 14.3. The van der Waals surface area contributed by atoms with Crippen LogP contribution in [0.25, 0.3) is 10.8 Å². The second kappa shape index (κ2) is 9.82. The Bertz CT molecular complexity index is 1200. The number of fused-ring (bicyclic) bond motifs is 1. The van der Waals surface area contributed by atoms with Crippen LogP contribution in [0.3, 0.4) is 0 Å².